The number of hydrogen-bond acceptors (Lipinski definition) is 2. The summed E-state index contributed by atoms with van der Waals surface area (Å²) >= 11 is 3.53. The van der Waals surface area contributed by atoms with Crippen LogP contribution in [0, 0.1) is 0 Å². The normalized spacial score (nSPS) is 19.7. The third-order valence-corrected chi connectivity index (χ3v) is 3.94. The molecule has 1 aliphatic rings. The van der Waals surface area contributed by atoms with Crippen molar-refractivity contribution in [3.63, 3.8) is 0 Å². The first-order valence-electron chi connectivity index (χ1n) is 5.38. The Morgan fingerprint density at radius 2 is 1.80 bits per heavy atom. The number of nitrogens with zero attached hydrogens (tertiary/aromatic N) is 3. The van der Waals surface area contributed by atoms with Crippen LogP contribution in [-0.4, -0.2) is 47.6 Å². The predicted octanol–water partition coefficient (Wildman–Crippen LogP) is 1.53. The summed E-state index contributed by atoms with van der Waals surface area (Å²) in [5, 5.41) is 0. The van der Waals surface area contributed by atoms with E-state index in [1.165, 1.54) is 31.9 Å². The van der Waals surface area contributed by atoms with Gasteiger partial charge in [0.05, 0.1) is 4.60 Å². The van der Waals surface area contributed by atoms with Crippen LogP contribution in [0.1, 0.15) is 5.69 Å². The Bertz CT molecular complexity index is 327. The standard InChI is InChI=1S/C11H18BrN3/c1-13-5-7-15(8-6-13)9-10-3-4-11(12)14(10)2/h3-4H,5-9H2,1-2H3. The number of halogens is 1. The second kappa shape index (κ2) is 4.68. The van der Waals surface area contributed by atoms with Crippen molar-refractivity contribution in [2.45, 2.75) is 6.54 Å². The highest BCUT2D eigenvalue weighted by atomic mass is 79.9. The van der Waals surface area contributed by atoms with E-state index in [1.807, 2.05) is 0 Å². The summed E-state index contributed by atoms with van der Waals surface area (Å²) in [6, 6.07) is 4.31. The third-order valence-electron chi connectivity index (χ3n) is 3.15. The largest absolute Gasteiger partial charge is 0.341 e. The Labute approximate surface area is 99.8 Å². The highest BCUT2D eigenvalue weighted by Crippen LogP contribution is 2.15. The molecule has 2 rings (SSSR count). The van der Waals surface area contributed by atoms with E-state index >= 15 is 0 Å². The van der Waals surface area contributed by atoms with Crippen LogP contribution in [0.4, 0.5) is 0 Å². The molecule has 0 aromatic carbocycles. The first kappa shape index (κ1) is 11.2. The van der Waals surface area contributed by atoms with E-state index in [1.54, 1.807) is 0 Å². The molecule has 0 atom stereocenters. The van der Waals surface area contributed by atoms with Crippen molar-refractivity contribution in [2.24, 2.45) is 7.05 Å². The van der Waals surface area contributed by atoms with Crippen LogP contribution in [0.5, 0.6) is 0 Å². The minimum atomic E-state index is 1.07. The average Bonchev–Trinajstić information content (AvgIpc) is 2.53. The Balaban J connectivity index is 1.94. The van der Waals surface area contributed by atoms with Crippen molar-refractivity contribution in [1.82, 2.24) is 14.4 Å². The number of aromatic nitrogens is 1. The maximum absolute atomic E-state index is 3.53. The fourth-order valence-corrected chi connectivity index (χ4v) is 2.28. The van der Waals surface area contributed by atoms with Crippen LogP contribution in [0.3, 0.4) is 0 Å². The van der Waals surface area contributed by atoms with Crippen LogP contribution in [0.2, 0.25) is 0 Å². The van der Waals surface area contributed by atoms with Gasteiger partial charge >= 0.3 is 0 Å². The Hall–Kier alpha value is -0.320. The lowest BCUT2D eigenvalue weighted by Gasteiger charge is -2.32. The molecule has 0 saturated carbocycles. The molecule has 3 nitrogen and oxygen atoms in total. The average molecular weight is 272 g/mol. The molecule has 0 unspecified atom stereocenters. The molecule has 1 saturated heterocycles. The first-order valence-corrected chi connectivity index (χ1v) is 6.17. The lowest BCUT2D eigenvalue weighted by Crippen LogP contribution is -2.44. The Kier molecular flexibility index (Phi) is 3.49. The molecule has 1 aromatic heterocycles. The van der Waals surface area contributed by atoms with Gasteiger partial charge in [-0.2, -0.15) is 0 Å². The third kappa shape index (κ3) is 2.62. The van der Waals surface area contributed by atoms with Crippen LogP contribution < -0.4 is 0 Å². The van der Waals surface area contributed by atoms with Gasteiger partial charge in [-0.05, 0) is 35.1 Å². The summed E-state index contributed by atoms with van der Waals surface area (Å²) in [5.41, 5.74) is 1.38. The SMILES string of the molecule is CN1CCN(Cc2ccc(Br)n2C)CC1. The molecule has 0 aliphatic carbocycles. The zero-order valence-corrected chi connectivity index (χ0v) is 11.0. The quantitative estimate of drug-likeness (QED) is 0.809. The van der Waals surface area contributed by atoms with Gasteiger partial charge in [-0.3, -0.25) is 4.90 Å². The Morgan fingerprint density at radius 1 is 1.13 bits per heavy atom. The van der Waals surface area contributed by atoms with Crippen molar-refractivity contribution in [3.05, 3.63) is 22.4 Å². The minimum absolute atomic E-state index is 1.07. The summed E-state index contributed by atoms with van der Waals surface area (Å²) in [6.07, 6.45) is 0. The maximum atomic E-state index is 3.53. The molecule has 1 aliphatic heterocycles. The zero-order valence-electron chi connectivity index (χ0n) is 9.41. The summed E-state index contributed by atoms with van der Waals surface area (Å²) in [4.78, 5) is 4.90. The van der Waals surface area contributed by atoms with Gasteiger partial charge in [0, 0.05) is 45.5 Å². The van der Waals surface area contributed by atoms with Gasteiger partial charge in [0.25, 0.3) is 0 Å². The molecule has 1 fully saturated rings. The van der Waals surface area contributed by atoms with Gasteiger partial charge in [0.2, 0.25) is 0 Å². The molecule has 2 heterocycles. The van der Waals surface area contributed by atoms with Gasteiger partial charge in [0.15, 0.2) is 0 Å². The molecule has 1 aromatic rings. The maximum Gasteiger partial charge on any atom is 0.0846 e. The molecule has 0 amide bonds. The second-order valence-electron chi connectivity index (χ2n) is 4.29. The van der Waals surface area contributed by atoms with Crippen LogP contribution in [0.15, 0.2) is 16.7 Å². The van der Waals surface area contributed by atoms with Crippen LogP contribution in [-0.2, 0) is 13.6 Å². The highest BCUT2D eigenvalue weighted by Gasteiger charge is 2.15. The van der Waals surface area contributed by atoms with Gasteiger partial charge in [0.1, 0.15) is 0 Å². The molecule has 0 bridgehead atoms. The van der Waals surface area contributed by atoms with Crippen molar-refractivity contribution in [1.29, 1.82) is 0 Å². The number of likely N-dealkylation sites (N-methyl/N-ethyl adjacent to an activating group) is 1. The van der Waals surface area contributed by atoms with E-state index in [0.717, 1.165) is 11.1 Å². The second-order valence-corrected chi connectivity index (χ2v) is 5.10. The van der Waals surface area contributed by atoms with E-state index in [2.05, 4.69) is 56.5 Å². The van der Waals surface area contributed by atoms with E-state index in [-0.39, 0.29) is 0 Å². The van der Waals surface area contributed by atoms with Crippen LogP contribution >= 0.6 is 15.9 Å². The molecule has 0 N–H and O–H groups in total. The van der Waals surface area contributed by atoms with Crippen LogP contribution in [0.25, 0.3) is 0 Å². The fraction of sp³-hybridized carbons (Fsp3) is 0.636. The summed E-state index contributed by atoms with van der Waals surface area (Å²) in [7, 11) is 4.30. The molecule has 84 valence electrons. The summed E-state index contributed by atoms with van der Waals surface area (Å²) in [5.74, 6) is 0. The van der Waals surface area contributed by atoms with Gasteiger partial charge in [-0.25, -0.2) is 0 Å². The molecule has 4 heteroatoms. The summed E-state index contributed by atoms with van der Waals surface area (Å²) in [6.45, 7) is 5.80. The van der Waals surface area contributed by atoms with Crippen molar-refractivity contribution in [2.75, 3.05) is 33.2 Å². The highest BCUT2D eigenvalue weighted by molar-refractivity contribution is 9.10. The van der Waals surface area contributed by atoms with E-state index < -0.39 is 0 Å². The molecule has 0 radical (unpaired) electrons. The molecule has 15 heavy (non-hydrogen) atoms. The topological polar surface area (TPSA) is 11.4 Å². The van der Waals surface area contributed by atoms with Gasteiger partial charge < -0.3 is 9.47 Å². The summed E-state index contributed by atoms with van der Waals surface area (Å²) < 4.78 is 3.37. The number of rotatable bonds is 2. The fourth-order valence-electron chi connectivity index (χ4n) is 1.92. The number of piperazine rings is 1. The number of hydrogen-bond donors (Lipinski definition) is 0. The first-order chi connectivity index (χ1) is 7.16. The van der Waals surface area contributed by atoms with E-state index in [4.69, 9.17) is 0 Å². The van der Waals surface area contributed by atoms with Gasteiger partial charge in [-0.15, -0.1) is 0 Å². The van der Waals surface area contributed by atoms with E-state index in [9.17, 15) is 0 Å². The van der Waals surface area contributed by atoms with E-state index in [0.29, 0.717) is 0 Å². The lowest BCUT2D eigenvalue weighted by atomic mass is 10.3. The molecular weight excluding hydrogens is 254 g/mol. The van der Waals surface area contributed by atoms with Crippen molar-refractivity contribution in [3.8, 4) is 0 Å². The minimum Gasteiger partial charge on any atom is -0.341 e. The predicted molar refractivity (Wildman–Crippen MR) is 65.9 cm³/mol. The van der Waals surface area contributed by atoms with Crippen molar-refractivity contribution < 1.29 is 0 Å². The lowest BCUT2D eigenvalue weighted by molar-refractivity contribution is 0.146. The smallest absolute Gasteiger partial charge is 0.0846 e. The molecule has 0 spiro atoms. The monoisotopic (exact) mass is 271 g/mol. The van der Waals surface area contributed by atoms with Crippen molar-refractivity contribution >= 4 is 15.9 Å². The van der Waals surface area contributed by atoms with Gasteiger partial charge in [-0.1, -0.05) is 0 Å². The Morgan fingerprint density at radius 3 is 2.33 bits per heavy atom. The zero-order chi connectivity index (χ0) is 10.8. The molecular formula is C11H18BrN3.